The van der Waals surface area contributed by atoms with Crippen LogP contribution >= 0.6 is 0 Å². The molecule has 0 saturated heterocycles. The van der Waals surface area contributed by atoms with Crippen molar-refractivity contribution in [3.05, 3.63) is 96.3 Å². The van der Waals surface area contributed by atoms with E-state index in [1.807, 2.05) is 48.5 Å². The molecule has 0 aliphatic rings. The number of nitrogen functional groups attached to an aromatic ring is 1. The fraction of sp³-hybridized carbons (Fsp3) is 0.129. The quantitative estimate of drug-likeness (QED) is 0.262. The zero-order valence-corrected chi connectivity index (χ0v) is 22.0. The van der Waals surface area contributed by atoms with Gasteiger partial charge in [0.2, 0.25) is 5.95 Å². The first-order chi connectivity index (χ1) is 19.0. The lowest BCUT2D eigenvalue weighted by molar-refractivity contribution is 0.305. The van der Waals surface area contributed by atoms with Crippen LogP contribution in [0.25, 0.3) is 38.8 Å². The summed E-state index contributed by atoms with van der Waals surface area (Å²) in [6.07, 6.45) is 3.83. The summed E-state index contributed by atoms with van der Waals surface area (Å²) in [6.45, 7) is 2.52. The van der Waals surface area contributed by atoms with Gasteiger partial charge in [-0.15, -0.1) is 0 Å². The average Bonchev–Trinajstić information content (AvgIpc) is 3.36. The Bertz CT molecular complexity index is 1810. The van der Waals surface area contributed by atoms with Gasteiger partial charge in [-0.2, -0.15) is 9.97 Å². The highest BCUT2D eigenvalue weighted by molar-refractivity contribution is 6.03. The molecule has 0 bridgehead atoms. The predicted octanol–water partition coefficient (Wildman–Crippen LogP) is 6.16. The van der Waals surface area contributed by atoms with E-state index in [2.05, 4.69) is 57.2 Å². The Labute approximate surface area is 226 Å². The molecule has 39 heavy (non-hydrogen) atoms. The van der Waals surface area contributed by atoms with Crippen molar-refractivity contribution >= 4 is 33.7 Å². The number of nitrogens with zero attached hydrogens (tertiary/aromatic N) is 4. The van der Waals surface area contributed by atoms with Crippen molar-refractivity contribution in [1.29, 1.82) is 0 Å². The number of aromatic nitrogens is 4. The number of ether oxygens (including phenoxy) is 2. The van der Waals surface area contributed by atoms with Gasteiger partial charge in [0.05, 0.1) is 24.2 Å². The summed E-state index contributed by atoms with van der Waals surface area (Å²) in [5.74, 6) is 2.40. The van der Waals surface area contributed by atoms with Gasteiger partial charge in [-0.25, -0.2) is 0 Å². The van der Waals surface area contributed by atoms with Gasteiger partial charge in [0.25, 0.3) is 0 Å². The number of pyridine rings is 1. The first kappa shape index (κ1) is 24.2. The number of hydrogen-bond acceptors (Lipinski definition) is 7. The van der Waals surface area contributed by atoms with Crippen LogP contribution in [0.5, 0.6) is 11.5 Å². The summed E-state index contributed by atoms with van der Waals surface area (Å²) in [6, 6.07) is 24.2. The lowest BCUT2D eigenvalue weighted by Crippen LogP contribution is -2.03. The fourth-order valence-corrected chi connectivity index (χ4v) is 4.75. The van der Waals surface area contributed by atoms with Crippen LogP contribution < -0.4 is 20.5 Å². The third kappa shape index (κ3) is 4.57. The zero-order valence-electron chi connectivity index (χ0n) is 22.0. The highest BCUT2D eigenvalue weighted by atomic mass is 16.5. The molecule has 0 radical (unpaired) electrons. The fourth-order valence-electron chi connectivity index (χ4n) is 4.75. The maximum atomic E-state index is 6.51. The molecule has 8 heteroatoms. The third-order valence-corrected chi connectivity index (χ3v) is 6.80. The summed E-state index contributed by atoms with van der Waals surface area (Å²) in [4.78, 5) is 13.9. The molecule has 0 atom stereocenters. The zero-order chi connectivity index (χ0) is 26.9. The first-order valence-corrected chi connectivity index (χ1v) is 12.6. The Morgan fingerprint density at radius 3 is 2.54 bits per heavy atom. The van der Waals surface area contributed by atoms with E-state index in [-0.39, 0.29) is 0 Å². The van der Waals surface area contributed by atoms with E-state index in [1.54, 1.807) is 20.4 Å². The lowest BCUT2D eigenvalue weighted by atomic mass is 10.0. The summed E-state index contributed by atoms with van der Waals surface area (Å²) >= 11 is 0. The molecular formula is C31H28N6O2. The van der Waals surface area contributed by atoms with Crippen LogP contribution in [0.3, 0.4) is 0 Å². The van der Waals surface area contributed by atoms with Crippen molar-refractivity contribution in [2.45, 2.75) is 13.5 Å². The maximum absolute atomic E-state index is 6.51. The molecule has 3 aromatic heterocycles. The van der Waals surface area contributed by atoms with Crippen LogP contribution in [0.2, 0.25) is 0 Å². The molecule has 0 aliphatic carbocycles. The molecule has 8 nitrogen and oxygen atoms in total. The van der Waals surface area contributed by atoms with Gasteiger partial charge in [-0.3, -0.25) is 4.98 Å². The van der Waals surface area contributed by atoms with E-state index < -0.39 is 0 Å². The second-order valence-electron chi connectivity index (χ2n) is 9.30. The topological polar surface area (TPSA) is 100 Å². The molecule has 0 amide bonds. The van der Waals surface area contributed by atoms with Crippen molar-refractivity contribution in [3.63, 3.8) is 0 Å². The van der Waals surface area contributed by atoms with E-state index in [4.69, 9.17) is 20.2 Å². The SMILES string of the molecule is CNc1nc(N)c2c(-c3ccc4ncc(OCc5ccc(OC)cc5)cc4c3)cn(-c3ccccc3C)c2n1. The Morgan fingerprint density at radius 1 is 0.949 bits per heavy atom. The Balaban J connectivity index is 1.41. The maximum Gasteiger partial charge on any atom is 0.226 e. The number of rotatable bonds is 7. The van der Waals surface area contributed by atoms with Crippen LogP contribution in [0, 0.1) is 6.92 Å². The standard InChI is InChI=1S/C31H28N6O2/c1-19-6-4-5-7-27(19)37-17-25(28-29(32)35-31(33-2)36-30(28)37)21-10-13-26-22(14-21)15-24(16-34-26)39-18-20-8-11-23(38-3)12-9-20/h4-17H,18H2,1-3H3,(H3,32,33,35,36). The molecule has 0 spiro atoms. The van der Waals surface area contributed by atoms with E-state index in [9.17, 15) is 0 Å². The molecule has 3 heterocycles. The van der Waals surface area contributed by atoms with Gasteiger partial charge in [-0.1, -0.05) is 36.4 Å². The molecule has 194 valence electrons. The highest BCUT2D eigenvalue weighted by Crippen LogP contribution is 2.37. The molecular weight excluding hydrogens is 488 g/mol. The molecule has 3 N–H and O–H groups in total. The minimum atomic E-state index is 0.418. The monoisotopic (exact) mass is 516 g/mol. The molecule has 3 aromatic carbocycles. The van der Waals surface area contributed by atoms with Crippen molar-refractivity contribution < 1.29 is 9.47 Å². The number of para-hydroxylation sites is 1. The average molecular weight is 517 g/mol. The number of benzene rings is 3. The number of hydrogen-bond donors (Lipinski definition) is 2. The van der Waals surface area contributed by atoms with Gasteiger partial charge < -0.3 is 25.1 Å². The Morgan fingerprint density at radius 2 is 1.77 bits per heavy atom. The van der Waals surface area contributed by atoms with E-state index in [0.717, 1.165) is 55.6 Å². The normalized spacial score (nSPS) is 11.2. The van der Waals surface area contributed by atoms with Crippen molar-refractivity contribution in [1.82, 2.24) is 19.5 Å². The lowest BCUT2D eigenvalue weighted by Gasteiger charge is -2.09. The number of aryl methyl sites for hydroxylation is 1. The summed E-state index contributed by atoms with van der Waals surface area (Å²) < 4.78 is 13.4. The van der Waals surface area contributed by atoms with Crippen molar-refractivity contribution in [2.24, 2.45) is 0 Å². The molecule has 6 rings (SSSR count). The summed E-state index contributed by atoms with van der Waals surface area (Å²) in [7, 11) is 3.44. The van der Waals surface area contributed by atoms with Crippen molar-refractivity contribution in [3.8, 4) is 28.3 Å². The van der Waals surface area contributed by atoms with Crippen LogP contribution in [-0.2, 0) is 6.61 Å². The van der Waals surface area contributed by atoms with Crippen LogP contribution in [0.15, 0.2) is 85.2 Å². The van der Waals surface area contributed by atoms with Gasteiger partial charge >= 0.3 is 0 Å². The summed E-state index contributed by atoms with van der Waals surface area (Å²) in [5.41, 5.74) is 13.3. The third-order valence-electron chi connectivity index (χ3n) is 6.80. The highest BCUT2D eigenvalue weighted by Gasteiger charge is 2.19. The second-order valence-corrected chi connectivity index (χ2v) is 9.30. The number of methoxy groups -OCH3 is 1. The van der Waals surface area contributed by atoms with Gasteiger partial charge in [-0.05, 0) is 60.0 Å². The number of nitrogens with one attached hydrogen (secondary N) is 1. The predicted molar refractivity (Wildman–Crippen MR) is 156 cm³/mol. The Kier molecular flexibility index (Phi) is 6.20. The number of nitrogens with two attached hydrogens (primary N) is 1. The van der Waals surface area contributed by atoms with Gasteiger partial charge in [0, 0.05) is 29.9 Å². The van der Waals surface area contributed by atoms with E-state index in [1.165, 1.54) is 0 Å². The minimum Gasteiger partial charge on any atom is -0.497 e. The van der Waals surface area contributed by atoms with Crippen LogP contribution in [0.1, 0.15) is 11.1 Å². The molecule has 0 aliphatic heterocycles. The summed E-state index contributed by atoms with van der Waals surface area (Å²) in [5, 5.41) is 4.78. The second kappa shape index (κ2) is 9.98. The van der Waals surface area contributed by atoms with Crippen LogP contribution in [0.4, 0.5) is 11.8 Å². The molecule has 0 saturated carbocycles. The minimum absolute atomic E-state index is 0.418. The molecule has 6 aromatic rings. The molecule has 0 unspecified atom stereocenters. The number of fused-ring (bicyclic) bond motifs is 2. The Hall–Kier alpha value is -5.11. The molecule has 0 fully saturated rings. The number of anilines is 2. The van der Waals surface area contributed by atoms with E-state index in [0.29, 0.717) is 24.1 Å². The van der Waals surface area contributed by atoms with Crippen molar-refractivity contribution in [2.75, 3.05) is 25.2 Å². The van der Waals surface area contributed by atoms with Crippen LogP contribution in [-0.4, -0.2) is 33.7 Å². The van der Waals surface area contributed by atoms with Gasteiger partial charge in [0.15, 0.2) is 5.65 Å². The van der Waals surface area contributed by atoms with E-state index >= 15 is 0 Å². The van der Waals surface area contributed by atoms with Gasteiger partial charge in [0.1, 0.15) is 23.9 Å². The smallest absolute Gasteiger partial charge is 0.226 e. The first-order valence-electron chi connectivity index (χ1n) is 12.6. The largest absolute Gasteiger partial charge is 0.497 e.